The summed E-state index contributed by atoms with van der Waals surface area (Å²) in [5, 5.41) is 2.75. The number of nitrogens with two attached hydrogens (primary N) is 1. The molecule has 0 saturated carbocycles. The topological polar surface area (TPSA) is 76.4 Å². The monoisotopic (exact) mass is 231 g/mol. The van der Waals surface area contributed by atoms with Crippen molar-refractivity contribution in [2.75, 3.05) is 13.2 Å². The summed E-state index contributed by atoms with van der Waals surface area (Å²) in [7, 11) is 0. The molecule has 1 amide bonds. The first-order valence-electron chi connectivity index (χ1n) is 5.55. The van der Waals surface area contributed by atoms with Gasteiger partial charge in [-0.15, -0.1) is 0 Å². The van der Waals surface area contributed by atoms with Crippen molar-refractivity contribution in [2.45, 2.75) is 52.2 Å². The van der Waals surface area contributed by atoms with Crippen molar-refractivity contribution in [3.05, 3.63) is 0 Å². The van der Waals surface area contributed by atoms with Crippen LogP contribution in [0.5, 0.6) is 0 Å². The van der Waals surface area contributed by atoms with E-state index in [1.807, 2.05) is 27.7 Å². The maximum atomic E-state index is 10.7. The highest BCUT2D eigenvalue weighted by atomic mass is 16.5. The zero-order valence-electron chi connectivity index (χ0n) is 11.0. The lowest BCUT2D eigenvalue weighted by Crippen LogP contribution is -2.49. The SMILES string of the molecule is CC(=O)NCCC(C)(C)OCC(C)(C)NN. The Morgan fingerprint density at radius 2 is 1.88 bits per heavy atom. The summed E-state index contributed by atoms with van der Waals surface area (Å²) in [6.45, 7) is 10.6. The fourth-order valence-electron chi connectivity index (χ4n) is 1.03. The Hall–Kier alpha value is -0.650. The highest BCUT2D eigenvalue weighted by Crippen LogP contribution is 2.16. The molecule has 0 bridgehead atoms. The number of carbonyl (C=O) groups is 1. The van der Waals surface area contributed by atoms with Gasteiger partial charge in [-0.05, 0) is 34.1 Å². The van der Waals surface area contributed by atoms with E-state index < -0.39 is 0 Å². The second kappa shape index (κ2) is 6.18. The third-order valence-electron chi connectivity index (χ3n) is 2.32. The molecule has 0 heterocycles. The van der Waals surface area contributed by atoms with Crippen LogP contribution in [0, 0.1) is 0 Å². The molecule has 5 nitrogen and oxygen atoms in total. The van der Waals surface area contributed by atoms with Crippen molar-refractivity contribution >= 4 is 5.91 Å². The first-order valence-corrected chi connectivity index (χ1v) is 5.55. The molecular weight excluding hydrogens is 206 g/mol. The normalized spacial score (nSPS) is 12.6. The number of hydrazine groups is 1. The van der Waals surface area contributed by atoms with Crippen LogP contribution in [0.25, 0.3) is 0 Å². The Morgan fingerprint density at radius 1 is 1.31 bits per heavy atom. The number of carbonyl (C=O) groups excluding carboxylic acids is 1. The lowest BCUT2D eigenvalue weighted by atomic mass is 10.0. The number of hydrogen-bond donors (Lipinski definition) is 3. The Labute approximate surface area is 98.1 Å². The van der Waals surface area contributed by atoms with E-state index in [0.29, 0.717) is 13.2 Å². The van der Waals surface area contributed by atoms with E-state index in [1.54, 1.807) is 0 Å². The van der Waals surface area contributed by atoms with Gasteiger partial charge in [0.05, 0.1) is 12.2 Å². The summed E-state index contributed by atoms with van der Waals surface area (Å²) in [5.41, 5.74) is 2.18. The van der Waals surface area contributed by atoms with Crippen LogP contribution >= 0.6 is 0 Å². The van der Waals surface area contributed by atoms with Crippen LogP contribution in [0.4, 0.5) is 0 Å². The Kier molecular flexibility index (Phi) is 5.92. The summed E-state index contributed by atoms with van der Waals surface area (Å²) in [4.78, 5) is 10.7. The van der Waals surface area contributed by atoms with Crippen LogP contribution in [0.3, 0.4) is 0 Å². The molecule has 5 heteroatoms. The minimum Gasteiger partial charge on any atom is -0.374 e. The molecule has 0 rings (SSSR count). The van der Waals surface area contributed by atoms with E-state index in [-0.39, 0.29) is 17.0 Å². The highest BCUT2D eigenvalue weighted by molar-refractivity contribution is 5.72. The predicted octanol–water partition coefficient (Wildman–Crippen LogP) is 0.550. The largest absolute Gasteiger partial charge is 0.374 e. The molecule has 0 aromatic heterocycles. The van der Waals surface area contributed by atoms with Crippen molar-refractivity contribution in [3.8, 4) is 0 Å². The van der Waals surface area contributed by atoms with Gasteiger partial charge in [-0.25, -0.2) is 0 Å². The van der Waals surface area contributed by atoms with Gasteiger partial charge in [0, 0.05) is 19.0 Å². The lowest BCUT2D eigenvalue weighted by molar-refractivity contribution is -0.119. The van der Waals surface area contributed by atoms with Crippen LogP contribution in [0.1, 0.15) is 41.0 Å². The minimum atomic E-state index is -0.267. The molecule has 0 atom stereocenters. The Morgan fingerprint density at radius 3 is 2.31 bits per heavy atom. The van der Waals surface area contributed by atoms with Gasteiger partial charge >= 0.3 is 0 Å². The van der Waals surface area contributed by atoms with Crippen molar-refractivity contribution < 1.29 is 9.53 Å². The third-order valence-corrected chi connectivity index (χ3v) is 2.32. The van der Waals surface area contributed by atoms with Gasteiger partial charge in [0.1, 0.15) is 0 Å². The first-order chi connectivity index (χ1) is 7.18. The summed E-state index contributed by atoms with van der Waals surface area (Å²) >= 11 is 0. The second-order valence-corrected chi connectivity index (χ2v) is 5.31. The smallest absolute Gasteiger partial charge is 0.216 e. The van der Waals surface area contributed by atoms with Gasteiger partial charge in [-0.1, -0.05) is 0 Å². The average molecular weight is 231 g/mol. The van der Waals surface area contributed by atoms with Gasteiger partial charge in [0.25, 0.3) is 0 Å². The molecule has 0 aromatic rings. The third kappa shape index (κ3) is 7.62. The quantitative estimate of drug-likeness (QED) is 0.442. The maximum absolute atomic E-state index is 10.7. The molecule has 0 saturated heterocycles. The number of rotatable bonds is 7. The zero-order valence-corrected chi connectivity index (χ0v) is 11.0. The zero-order chi connectivity index (χ0) is 12.8. The van der Waals surface area contributed by atoms with Crippen molar-refractivity contribution in [3.63, 3.8) is 0 Å². The minimum absolute atomic E-state index is 0.0141. The number of ether oxygens (including phenoxy) is 1. The van der Waals surface area contributed by atoms with Crippen LogP contribution in [-0.2, 0) is 9.53 Å². The molecule has 0 fully saturated rings. The second-order valence-electron chi connectivity index (χ2n) is 5.31. The van der Waals surface area contributed by atoms with Gasteiger partial charge in [0.15, 0.2) is 0 Å². The summed E-state index contributed by atoms with van der Waals surface area (Å²) < 4.78 is 5.77. The molecule has 4 N–H and O–H groups in total. The average Bonchev–Trinajstić information content (AvgIpc) is 2.14. The molecule has 0 aliphatic heterocycles. The van der Waals surface area contributed by atoms with E-state index in [1.165, 1.54) is 6.92 Å². The van der Waals surface area contributed by atoms with Crippen LogP contribution in [0.15, 0.2) is 0 Å². The van der Waals surface area contributed by atoms with Gasteiger partial charge in [-0.3, -0.25) is 16.1 Å². The van der Waals surface area contributed by atoms with Crippen molar-refractivity contribution in [2.24, 2.45) is 5.84 Å². The Bertz CT molecular complexity index is 227. The van der Waals surface area contributed by atoms with E-state index in [2.05, 4.69) is 10.7 Å². The van der Waals surface area contributed by atoms with E-state index in [0.717, 1.165) is 6.42 Å². The van der Waals surface area contributed by atoms with E-state index in [4.69, 9.17) is 10.6 Å². The highest BCUT2D eigenvalue weighted by Gasteiger charge is 2.23. The standard InChI is InChI=1S/C11H25N3O2/c1-9(15)13-7-6-11(4,5)16-8-10(2,3)14-12/h14H,6-8,12H2,1-5H3,(H,13,15). The van der Waals surface area contributed by atoms with E-state index in [9.17, 15) is 4.79 Å². The molecule has 0 spiro atoms. The number of amides is 1. The van der Waals surface area contributed by atoms with Crippen LogP contribution in [0.2, 0.25) is 0 Å². The van der Waals surface area contributed by atoms with Gasteiger partial charge in [0.2, 0.25) is 5.91 Å². The number of hydrogen-bond acceptors (Lipinski definition) is 4. The van der Waals surface area contributed by atoms with E-state index >= 15 is 0 Å². The van der Waals surface area contributed by atoms with Crippen molar-refractivity contribution in [1.82, 2.24) is 10.7 Å². The molecule has 0 aliphatic rings. The Balaban J connectivity index is 3.91. The predicted molar refractivity (Wildman–Crippen MR) is 64.7 cm³/mol. The van der Waals surface area contributed by atoms with Crippen molar-refractivity contribution in [1.29, 1.82) is 0 Å². The fraction of sp³-hybridized carbons (Fsp3) is 0.909. The molecule has 0 aromatic carbocycles. The summed E-state index contributed by atoms with van der Waals surface area (Å²) in [5.74, 6) is 5.37. The first kappa shape index (κ1) is 15.3. The molecular formula is C11H25N3O2. The van der Waals surface area contributed by atoms with Crippen LogP contribution < -0.4 is 16.6 Å². The molecule has 0 radical (unpaired) electrons. The fourth-order valence-corrected chi connectivity index (χ4v) is 1.03. The molecule has 16 heavy (non-hydrogen) atoms. The number of nitrogens with one attached hydrogen (secondary N) is 2. The molecule has 0 unspecified atom stereocenters. The summed E-state index contributed by atoms with van der Waals surface area (Å²) in [6, 6.07) is 0. The summed E-state index contributed by atoms with van der Waals surface area (Å²) in [6.07, 6.45) is 0.771. The molecule has 96 valence electrons. The van der Waals surface area contributed by atoms with Gasteiger partial charge < -0.3 is 10.1 Å². The maximum Gasteiger partial charge on any atom is 0.216 e. The lowest BCUT2D eigenvalue weighted by Gasteiger charge is -2.31. The molecule has 0 aliphatic carbocycles. The van der Waals surface area contributed by atoms with Gasteiger partial charge in [-0.2, -0.15) is 0 Å². The van der Waals surface area contributed by atoms with Crippen LogP contribution in [-0.4, -0.2) is 30.2 Å².